The van der Waals surface area contributed by atoms with Crippen LogP contribution in [0.2, 0.25) is 0 Å². The largest absolute Gasteiger partial charge is 0.494 e. The van der Waals surface area contributed by atoms with Crippen molar-refractivity contribution in [3.05, 3.63) is 47.8 Å². The van der Waals surface area contributed by atoms with Crippen molar-refractivity contribution < 1.29 is 9.53 Å². The number of anilines is 1. The second-order valence-corrected chi connectivity index (χ2v) is 6.54. The maximum atomic E-state index is 12.7. The van der Waals surface area contributed by atoms with E-state index < -0.39 is 0 Å². The smallest absolute Gasteiger partial charge is 0.225 e. The number of aromatic nitrogens is 2. The maximum absolute atomic E-state index is 12.7. The van der Waals surface area contributed by atoms with Gasteiger partial charge in [-0.2, -0.15) is 0 Å². The van der Waals surface area contributed by atoms with Crippen molar-refractivity contribution in [3.8, 4) is 5.75 Å². The Morgan fingerprint density at radius 1 is 1.35 bits per heavy atom. The van der Waals surface area contributed by atoms with Crippen molar-refractivity contribution in [2.45, 2.75) is 33.2 Å². The van der Waals surface area contributed by atoms with E-state index in [1.54, 1.807) is 6.20 Å². The normalized spacial score (nSPS) is 17.0. The summed E-state index contributed by atoms with van der Waals surface area (Å²) in [7, 11) is 0. The number of piperidine rings is 1. The third kappa shape index (κ3) is 4.50. The Hall–Kier alpha value is -2.63. The standard InChI is InChI=1S/C20H26N4O2/c1-3-26-18-9-5-4-7-16(18)13-22-19(25)17-8-6-12-24(14-17)20-21-11-10-15(2)23-20/h4-5,7,9-11,17H,3,6,8,12-14H2,1-2H3,(H,22,25). The van der Waals surface area contributed by atoms with Crippen LogP contribution in [0.25, 0.3) is 0 Å². The molecule has 0 spiro atoms. The first-order valence-electron chi connectivity index (χ1n) is 9.20. The number of hydrogen-bond acceptors (Lipinski definition) is 5. The number of carbonyl (C=O) groups excluding carboxylic acids is 1. The van der Waals surface area contributed by atoms with Crippen LogP contribution in [0.1, 0.15) is 31.0 Å². The topological polar surface area (TPSA) is 67.3 Å². The average Bonchev–Trinajstić information content (AvgIpc) is 2.67. The van der Waals surface area contributed by atoms with Crippen LogP contribution in [0.4, 0.5) is 5.95 Å². The molecule has 138 valence electrons. The lowest BCUT2D eigenvalue weighted by Gasteiger charge is -2.32. The molecular weight excluding hydrogens is 328 g/mol. The fourth-order valence-corrected chi connectivity index (χ4v) is 3.23. The average molecular weight is 354 g/mol. The highest BCUT2D eigenvalue weighted by Crippen LogP contribution is 2.22. The van der Waals surface area contributed by atoms with Crippen LogP contribution < -0.4 is 15.0 Å². The second kappa shape index (κ2) is 8.65. The zero-order valence-corrected chi connectivity index (χ0v) is 15.4. The van der Waals surface area contributed by atoms with Crippen LogP contribution in [0.15, 0.2) is 36.5 Å². The van der Waals surface area contributed by atoms with Crippen LogP contribution >= 0.6 is 0 Å². The lowest BCUT2D eigenvalue weighted by atomic mass is 9.97. The number of benzene rings is 1. The maximum Gasteiger partial charge on any atom is 0.225 e. The van der Waals surface area contributed by atoms with Crippen molar-refractivity contribution >= 4 is 11.9 Å². The molecule has 1 aromatic heterocycles. The van der Waals surface area contributed by atoms with Gasteiger partial charge >= 0.3 is 0 Å². The molecule has 1 aliphatic rings. The summed E-state index contributed by atoms with van der Waals surface area (Å²) in [5.74, 6) is 1.57. The van der Waals surface area contributed by atoms with Gasteiger partial charge in [-0.05, 0) is 38.8 Å². The van der Waals surface area contributed by atoms with E-state index in [0.29, 0.717) is 25.6 Å². The molecule has 1 aliphatic heterocycles. The number of rotatable bonds is 6. The summed E-state index contributed by atoms with van der Waals surface area (Å²) in [6.07, 6.45) is 3.62. The van der Waals surface area contributed by atoms with E-state index >= 15 is 0 Å². The highest BCUT2D eigenvalue weighted by molar-refractivity contribution is 5.79. The van der Waals surface area contributed by atoms with Crippen molar-refractivity contribution in [1.82, 2.24) is 15.3 Å². The van der Waals surface area contributed by atoms with Gasteiger partial charge in [0, 0.05) is 37.1 Å². The molecule has 1 aromatic carbocycles. The molecule has 1 N–H and O–H groups in total. The molecule has 2 aromatic rings. The Morgan fingerprint density at radius 2 is 2.19 bits per heavy atom. The number of aryl methyl sites for hydroxylation is 1. The van der Waals surface area contributed by atoms with Crippen LogP contribution in [-0.4, -0.2) is 35.6 Å². The van der Waals surface area contributed by atoms with Gasteiger partial charge in [-0.15, -0.1) is 0 Å². The molecule has 0 aliphatic carbocycles. The molecular formula is C20H26N4O2. The summed E-state index contributed by atoms with van der Waals surface area (Å²) >= 11 is 0. The van der Waals surface area contributed by atoms with Crippen LogP contribution in [-0.2, 0) is 11.3 Å². The second-order valence-electron chi connectivity index (χ2n) is 6.54. The first kappa shape index (κ1) is 18.2. The van der Waals surface area contributed by atoms with Gasteiger partial charge in [-0.1, -0.05) is 18.2 Å². The van der Waals surface area contributed by atoms with E-state index in [9.17, 15) is 4.79 Å². The molecule has 1 fully saturated rings. The quantitative estimate of drug-likeness (QED) is 0.864. The minimum absolute atomic E-state index is 0.0490. The lowest BCUT2D eigenvalue weighted by Crippen LogP contribution is -2.43. The molecule has 2 heterocycles. The Morgan fingerprint density at radius 3 is 3.00 bits per heavy atom. The van der Waals surface area contributed by atoms with Gasteiger partial charge in [0.1, 0.15) is 5.75 Å². The predicted molar refractivity (Wildman–Crippen MR) is 101 cm³/mol. The summed E-state index contributed by atoms with van der Waals surface area (Å²) in [5, 5.41) is 3.06. The highest BCUT2D eigenvalue weighted by Gasteiger charge is 2.27. The van der Waals surface area contributed by atoms with E-state index in [0.717, 1.165) is 36.4 Å². The molecule has 0 radical (unpaired) electrons. The summed E-state index contributed by atoms with van der Waals surface area (Å²) in [5.41, 5.74) is 1.94. The van der Waals surface area contributed by atoms with Gasteiger partial charge in [0.05, 0.1) is 12.5 Å². The lowest BCUT2D eigenvalue weighted by molar-refractivity contribution is -0.125. The zero-order valence-electron chi connectivity index (χ0n) is 15.4. The number of nitrogens with zero attached hydrogens (tertiary/aromatic N) is 3. The molecule has 1 amide bonds. The van der Waals surface area contributed by atoms with E-state index in [-0.39, 0.29) is 11.8 Å². The first-order chi connectivity index (χ1) is 12.7. The van der Waals surface area contributed by atoms with Gasteiger partial charge in [0.2, 0.25) is 11.9 Å². The van der Waals surface area contributed by atoms with Crippen LogP contribution in [0, 0.1) is 12.8 Å². The highest BCUT2D eigenvalue weighted by atomic mass is 16.5. The molecule has 3 rings (SSSR count). The summed E-state index contributed by atoms with van der Waals surface area (Å²) in [6, 6.07) is 9.70. The first-order valence-corrected chi connectivity index (χ1v) is 9.20. The van der Waals surface area contributed by atoms with E-state index in [1.807, 2.05) is 44.2 Å². The van der Waals surface area contributed by atoms with Crippen molar-refractivity contribution in [3.63, 3.8) is 0 Å². The summed E-state index contributed by atoms with van der Waals surface area (Å²) in [4.78, 5) is 23.6. The molecule has 1 atom stereocenters. The summed E-state index contributed by atoms with van der Waals surface area (Å²) < 4.78 is 5.62. The molecule has 6 nitrogen and oxygen atoms in total. The third-order valence-corrected chi connectivity index (χ3v) is 4.58. The Balaban J connectivity index is 1.59. The van der Waals surface area contributed by atoms with Crippen LogP contribution in [0.5, 0.6) is 5.75 Å². The molecule has 0 bridgehead atoms. The number of amides is 1. The van der Waals surface area contributed by atoms with Gasteiger partial charge < -0.3 is 15.0 Å². The molecule has 26 heavy (non-hydrogen) atoms. The predicted octanol–water partition coefficient (Wildman–Crippen LogP) is 2.72. The van der Waals surface area contributed by atoms with E-state index in [1.165, 1.54) is 0 Å². The minimum atomic E-state index is -0.0490. The number of nitrogens with one attached hydrogen (secondary N) is 1. The Labute approximate surface area is 154 Å². The van der Waals surface area contributed by atoms with E-state index in [4.69, 9.17) is 4.74 Å². The molecule has 1 saturated heterocycles. The van der Waals surface area contributed by atoms with Gasteiger partial charge in [-0.25, -0.2) is 9.97 Å². The number of hydrogen-bond donors (Lipinski definition) is 1. The zero-order chi connectivity index (χ0) is 18.4. The van der Waals surface area contributed by atoms with Gasteiger partial charge in [0.25, 0.3) is 0 Å². The van der Waals surface area contributed by atoms with Gasteiger partial charge in [-0.3, -0.25) is 4.79 Å². The van der Waals surface area contributed by atoms with Crippen molar-refractivity contribution in [2.24, 2.45) is 5.92 Å². The molecule has 0 saturated carbocycles. The van der Waals surface area contributed by atoms with Crippen molar-refractivity contribution in [1.29, 1.82) is 0 Å². The molecule has 1 unspecified atom stereocenters. The fraction of sp³-hybridized carbons (Fsp3) is 0.450. The van der Waals surface area contributed by atoms with Crippen molar-refractivity contribution in [2.75, 3.05) is 24.6 Å². The van der Waals surface area contributed by atoms with Gasteiger partial charge in [0.15, 0.2) is 0 Å². The Bertz CT molecular complexity index is 750. The summed E-state index contributed by atoms with van der Waals surface area (Å²) in [6.45, 7) is 6.54. The van der Waals surface area contributed by atoms with Crippen LogP contribution in [0.3, 0.4) is 0 Å². The molecule has 6 heteroatoms. The third-order valence-electron chi connectivity index (χ3n) is 4.58. The SMILES string of the molecule is CCOc1ccccc1CNC(=O)C1CCCN(c2nccc(C)n2)C1. The fourth-order valence-electron chi connectivity index (χ4n) is 3.23. The monoisotopic (exact) mass is 354 g/mol. The van der Waals surface area contributed by atoms with E-state index in [2.05, 4.69) is 20.2 Å². The number of para-hydroxylation sites is 1. The minimum Gasteiger partial charge on any atom is -0.494 e. The number of carbonyl (C=O) groups is 1. The Kier molecular flexibility index (Phi) is 6.04. The number of ether oxygens (including phenoxy) is 1.